The number of pyridine rings is 2. The second-order valence-electron chi connectivity index (χ2n) is 16.1. The summed E-state index contributed by atoms with van der Waals surface area (Å²) < 4.78 is 0. The largest absolute Gasteiger partial charge is 0.248 e. The van der Waals surface area contributed by atoms with Crippen molar-refractivity contribution in [1.82, 2.24) is 9.97 Å². The standard InChI is InChI=1S/C62H42N2S/c1-8-22-43(23-9-1)55-39-52(40-56(63-55)44-24-10-2-11-25-44)50-36-51(53-41-57(45-26-12-3-13-27-45)64-58(42-53)46-28-14-4-15-29-46)38-54(37-50)62-60(48-32-18-6-19-33-48)59(47-30-16-5-17-31-47)61(65-62)49-34-20-7-21-35-49/h1-42H. The first-order chi connectivity index (χ1) is 32.2. The normalized spacial score (nSPS) is 11.1. The second kappa shape index (κ2) is 17.9. The summed E-state index contributed by atoms with van der Waals surface area (Å²) in [6, 6.07) is 90.8. The highest BCUT2D eigenvalue weighted by atomic mass is 32.1. The molecule has 8 aromatic carbocycles. The summed E-state index contributed by atoms with van der Waals surface area (Å²) in [5.41, 5.74) is 19.5. The van der Waals surface area contributed by atoms with E-state index in [2.05, 4.69) is 255 Å². The third-order valence-electron chi connectivity index (χ3n) is 11.9. The molecule has 2 nitrogen and oxygen atoms in total. The van der Waals surface area contributed by atoms with E-state index in [9.17, 15) is 0 Å². The molecule has 65 heavy (non-hydrogen) atoms. The van der Waals surface area contributed by atoms with Gasteiger partial charge >= 0.3 is 0 Å². The first-order valence-electron chi connectivity index (χ1n) is 22.0. The Hall–Kier alpha value is -8.24. The van der Waals surface area contributed by atoms with Gasteiger partial charge in [0.25, 0.3) is 0 Å². The van der Waals surface area contributed by atoms with Crippen LogP contribution in [0.4, 0.5) is 0 Å². The Labute approximate surface area is 384 Å². The summed E-state index contributed by atoms with van der Waals surface area (Å²) in [6.45, 7) is 0. The van der Waals surface area contributed by atoms with Crippen molar-refractivity contribution in [3.05, 3.63) is 255 Å². The lowest BCUT2D eigenvalue weighted by molar-refractivity contribution is 1.32. The highest BCUT2D eigenvalue weighted by molar-refractivity contribution is 7.20. The average Bonchev–Trinajstić information content (AvgIpc) is 3.81. The molecule has 11 rings (SSSR count). The summed E-state index contributed by atoms with van der Waals surface area (Å²) in [7, 11) is 0. The van der Waals surface area contributed by atoms with E-state index in [1.165, 1.54) is 37.6 Å². The van der Waals surface area contributed by atoms with Gasteiger partial charge in [0, 0.05) is 43.1 Å². The van der Waals surface area contributed by atoms with Gasteiger partial charge in [0.15, 0.2) is 0 Å². The van der Waals surface area contributed by atoms with Crippen LogP contribution in [-0.4, -0.2) is 9.97 Å². The molecule has 0 aliphatic heterocycles. The molecule has 0 spiro atoms. The fourth-order valence-electron chi connectivity index (χ4n) is 8.70. The van der Waals surface area contributed by atoms with Gasteiger partial charge in [0.2, 0.25) is 0 Å². The van der Waals surface area contributed by atoms with E-state index in [1.54, 1.807) is 0 Å². The van der Waals surface area contributed by atoms with Gasteiger partial charge < -0.3 is 0 Å². The topological polar surface area (TPSA) is 25.8 Å². The molecule has 306 valence electrons. The SMILES string of the molecule is c1ccc(-c2cc(-c3cc(-c4cc(-c5ccccc5)nc(-c5ccccc5)c4)cc(-c4sc(-c5ccccc5)c(-c5ccccc5)c4-c4ccccc4)c3)cc(-c3ccccc3)n2)cc1. The zero-order valence-corrected chi connectivity index (χ0v) is 36.4. The van der Waals surface area contributed by atoms with Gasteiger partial charge in [-0.05, 0) is 87.0 Å². The highest BCUT2D eigenvalue weighted by Crippen LogP contribution is 2.53. The Morgan fingerprint density at radius 3 is 0.738 bits per heavy atom. The van der Waals surface area contributed by atoms with E-state index < -0.39 is 0 Å². The molecular weight excluding hydrogens is 805 g/mol. The van der Waals surface area contributed by atoms with Crippen LogP contribution >= 0.6 is 11.3 Å². The van der Waals surface area contributed by atoms with Gasteiger partial charge in [0.05, 0.1) is 22.8 Å². The summed E-state index contributed by atoms with van der Waals surface area (Å²) in [6.07, 6.45) is 0. The van der Waals surface area contributed by atoms with Crippen LogP contribution in [0.15, 0.2) is 255 Å². The summed E-state index contributed by atoms with van der Waals surface area (Å²) in [4.78, 5) is 13.0. The highest BCUT2D eigenvalue weighted by Gasteiger charge is 2.24. The number of nitrogens with zero attached hydrogens (tertiary/aromatic N) is 2. The van der Waals surface area contributed by atoms with Gasteiger partial charge in [-0.15, -0.1) is 11.3 Å². The molecule has 3 aromatic heterocycles. The van der Waals surface area contributed by atoms with Crippen LogP contribution < -0.4 is 0 Å². The van der Waals surface area contributed by atoms with Crippen molar-refractivity contribution in [2.24, 2.45) is 0 Å². The molecule has 0 atom stereocenters. The number of rotatable bonds is 10. The van der Waals surface area contributed by atoms with Crippen LogP contribution in [0.2, 0.25) is 0 Å². The van der Waals surface area contributed by atoms with Crippen LogP contribution in [0.5, 0.6) is 0 Å². The quantitative estimate of drug-likeness (QED) is 0.137. The molecule has 11 aromatic rings. The third-order valence-corrected chi connectivity index (χ3v) is 13.1. The Morgan fingerprint density at radius 2 is 0.431 bits per heavy atom. The van der Waals surface area contributed by atoms with Gasteiger partial charge in [-0.25, -0.2) is 9.97 Å². The van der Waals surface area contributed by atoms with Crippen LogP contribution in [-0.2, 0) is 0 Å². The maximum absolute atomic E-state index is 5.28. The zero-order valence-electron chi connectivity index (χ0n) is 35.6. The van der Waals surface area contributed by atoms with E-state index in [1.807, 2.05) is 11.3 Å². The number of aromatic nitrogens is 2. The lowest BCUT2D eigenvalue weighted by Crippen LogP contribution is -1.94. The van der Waals surface area contributed by atoms with Crippen LogP contribution in [0.3, 0.4) is 0 Å². The molecule has 0 saturated carbocycles. The van der Waals surface area contributed by atoms with Crippen LogP contribution in [0.1, 0.15) is 0 Å². The van der Waals surface area contributed by atoms with E-state index >= 15 is 0 Å². The Morgan fingerprint density at radius 1 is 0.200 bits per heavy atom. The molecule has 0 radical (unpaired) electrons. The maximum Gasteiger partial charge on any atom is 0.0715 e. The summed E-state index contributed by atoms with van der Waals surface area (Å²) >= 11 is 1.87. The number of thiophene rings is 1. The third kappa shape index (κ3) is 8.25. The molecule has 3 heteroatoms. The van der Waals surface area contributed by atoms with Gasteiger partial charge in [-0.3, -0.25) is 0 Å². The van der Waals surface area contributed by atoms with E-state index in [0.717, 1.165) is 72.8 Å². The predicted molar refractivity (Wildman–Crippen MR) is 274 cm³/mol. The van der Waals surface area contributed by atoms with Gasteiger partial charge in [-0.1, -0.05) is 212 Å². The van der Waals surface area contributed by atoms with E-state index in [0.29, 0.717) is 0 Å². The fraction of sp³-hybridized carbons (Fsp3) is 0. The van der Waals surface area contributed by atoms with E-state index in [-0.39, 0.29) is 0 Å². The predicted octanol–water partition coefficient (Wildman–Crippen LogP) is 17.2. The molecule has 0 N–H and O–H groups in total. The number of benzene rings is 8. The molecule has 0 aliphatic rings. The number of hydrogen-bond donors (Lipinski definition) is 0. The lowest BCUT2D eigenvalue weighted by Gasteiger charge is -2.16. The first kappa shape index (κ1) is 39.6. The van der Waals surface area contributed by atoms with Gasteiger partial charge in [0.1, 0.15) is 0 Å². The van der Waals surface area contributed by atoms with Crippen molar-refractivity contribution in [2.45, 2.75) is 0 Å². The van der Waals surface area contributed by atoms with Crippen molar-refractivity contribution < 1.29 is 0 Å². The zero-order chi connectivity index (χ0) is 43.4. The Balaban J connectivity index is 1.23. The maximum atomic E-state index is 5.28. The van der Waals surface area contributed by atoms with Crippen molar-refractivity contribution in [3.63, 3.8) is 0 Å². The first-order valence-corrected chi connectivity index (χ1v) is 22.8. The van der Waals surface area contributed by atoms with E-state index in [4.69, 9.17) is 9.97 Å². The molecule has 0 saturated heterocycles. The molecule has 0 fully saturated rings. The molecule has 0 unspecified atom stereocenters. The minimum absolute atomic E-state index is 0.925. The Kier molecular flexibility index (Phi) is 10.9. The second-order valence-corrected chi connectivity index (χ2v) is 17.1. The average molecular weight is 847 g/mol. The smallest absolute Gasteiger partial charge is 0.0715 e. The fourth-order valence-corrected chi connectivity index (χ4v) is 10.0. The van der Waals surface area contributed by atoms with Crippen molar-refractivity contribution in [1.29, 1.82) is 0 Å². The van der Waals surface area contributed by atoms with Crippen LogP contribution in [0.25, 0.3) is 110 Å². The van der Waals surface area contributed by atoms with Gasteiger partial charge in [-0.2, -0.15) is 0 Å². The van der Waals surface area contributed by atoms with Crippen molar-refractivity contribution in [3.8, 4) is 110 Å². The Bertz CT molecular complexity index is 3110. The number of hydrogen-bond acceptors (Lipinski definition) is 3. The summed E-state index contributed by atoms with van der Waals surface area (Å²) in [5, 5.41) is 0. The minimum Gasteiger partial charge on any atom is -0.248 e. The molecule has 0 aliphatic carbocycles. The van der Waals surface area contributed by atoms with Crippen molar-refractivity contribution >= 4 is 11.3 Å². The lowest BCUT2D eigenvalue weighted by atomic mass is 9.89. The summed E-state index contributed by atoms with van der Waals surface area (Å²) in [5.74, 6) is 0. The van der Waals surface area contributed by atoms with Crippen molar-refractivity contribution in [2.75, 3.05) is 0 Å². The molecule has 3 heterocycles. The monoisotopic (exact) mass is 846 g/mol. The molecular formula is C62H42N2S. The minimum atomic E-state index is 0.925. The van der Waals surface area contributed by atoms with Crippen LogP contribution in [0, 0.1) is 0 Å². The molecule has 0 amide bonds. The molecule has 0 bridgehead atoms.